The van der Waals surface area contributed by atoms with E-state index in [0.717, 1.165) is 4.47 Å². The predicted octanol–water partition coefficient (Wildman–Crippen LogP) is 4.53. The summed E-state index contributed by atoms with van der Waals surface area (Å²) >= 11 is 9.31. The predicted molar refractivity (Wildman–Crippen MR) is 80.8 cm³/mol. The van der Waals surface area contributed by atoms with Gasteiger partial charge in [0.2, 0.25) is 0 Å². The van der Waals surface area contributed by atoms with Gasteiger partial charge in [0.15, 0.2) is 0 Å². The molecule has 0 fully saturated rings. The lowest BCUT2D eigenvalue weighted by atomic mass is 10.0. The van der Waals surface area contributed by atoms with Crippen LogP contribution in [0.2, 0.25) is 5.02 Å². The highest BCUT2D eigenvalue weighted by Gasteiger charge is 2.15. The number of aliphatic hydroxyl groups is 1. The molecule has 5 heteroatoms. The van der Waals surface area contributed by atoms with Gasteiger partial charge < -0.3 is 9.84 Å². The lowest BCUT2D eigenvalue weighted by Gasteiger charge is -2.14. The molecule has 0 amide bonds. The zero-order valence-electron chi connectivity index (χ0n) is 10.7. The van der Waals surface area contributed by atoms with E-state index in [1.165, 1.54) is 12.1 Å². The first-order valence-corrected chi connectivity index (χ1v) is 7.14. The van der Waals surface area contributed by atoms with Gasteiger partial charge in [-0.15, -0.1) is 0 Å². The second-order valence-corrected chi connectivity index (χ2v) is 5.58. The summed E-state index contributed by atoms with van der Waals surface area (Å²) in [5.74, 6) is 0.258. The summed E-state index contributed by atoms with van der Waals surface area (Å²) in [7, 11) is 1.56. The minimum Gasteiger partial charge on any atom is -0.496 e. The van der Waals surface area contributed by atoms with Crippen LogP contribution in [0.5, 0.6) is 5.75 Å². The van der Waals surface area contributed by atoms with Gasteiger partial charge in [0, 0.05) is 17.0 Å². The molecule has 1 unspecified atom stereocenters. The summed E-state index contributed by atoms with van der Waals surface area (Å²) in [6.45, 7) is 0. The molecule has 1 atom stereocenters. The lowest BCUT2D eigenvalue weighted by molar-refractivity contribution is 0.177. The number of ether oxygens (including phenoxy) is 1. The van der Waals surface area contributed by atoms with Crippen LogP contribution in [0.25, 0.3) is 0 Å². The molecule has 0 bridgehead atoms. The molecular formula is C15H13BrClFO2. The van der Waals surface area contributed by atoms with Crippen LogP contribution >= 0.6 is 27.5 Å². The Hall–Kier alpha value is -1.10. The Morgan fingerprint density at radius 1 is 1.35 bits per heavy atom. The van der Waals surface area contributed by atoms with Crippen molar-refractivity contribution >= 4 is 27.5 Å². The topological polar surface area (TPSA) is 29.5 Å². The van der Waals surface area contributed by atoms with E-state index in [1.807, 2.05) is 0 Å². The highest BCUT2D eigenvalue weighted by molar-refractivity contribution is 9.10. The van der Waals surface area contributed by atoms with Gasteiger partial charge in [-0.3, -0.25) is 0 Å². The summed E-state index contributed by atoms with van der Waals surface area (Å²) in [6, 6.07) is 9.71. The first-order valence-electron chi connectivity index (χ1n) is 5.97. The average Bonchev–Trinajstić information content (AvgIpc) is 2.42. The Labute approximate surface area is 130 Å². The average molecular weight is 360 g/mol. The van der Waals surface area contributed by atoms with Crippen LogP contribution in [0.4, 0.5) is 4.39 Å². The number of hydrogen-bond donors (Lipinski definition) is 1. The molecule has 0 saturated carbocycles. The summed E-state index contributed by atoms with van der Waals surface area (Å²) < 4.78 is 19.6. The smallest absolute Gasteiger partial charge is 0.133 e. The van der Waals surface area contributed by atoms with Crippen LogP contribution < -0.4 is 4.74 Å². The molecule has 0 aromatic heterocycles. The van der Waals surface area contributed by atoms with Crippen LogP contribution in [0.1, 0.15) is 17.2 Å². The Morgan fingerprint density at radius 3 is 2.70 bits per heavy atom. The molecule has 2 aromatic carbocycles. The number of hydrogen-bond acceptors (Lipinski definition) is 2. The van der Waals surface area contributed by atoms with Crippen LogP contribution in [0.15, 0.2) is 40.9 Å². The number of aliphatic hydroxyl groups excluding tert-OH is 1. The van der Waals surface area contributed by atoms with E-state index in [2.05, 4.69) is 15.9 Å². The van der Waals surface area contributed by atoms with Crippen molar-refractivity contribution in [2.24, 2.45) is 0 Å². The summed E-state index contributed by atoms with van der Waals surface area (Å²) in [5.41, 5.74) is 0.977. The van der Waals surface area contributed by atoms with Crippen molar-refractivity contribution in [3.05, 3.63) is 62.8 Å². The molecular weight excluding hydrogens is 347 g/mol. The maximum absolute atomic E-state index is 13.7. The van der Waals surface area contributed by atoms with Crippen LogP contribution in [-0.2, 0) is 6.42 Å². The second-order valence-electron chi connectivity index (χ2n) is 4.31. The molecule has 0 radical (unpaired) electrons. The number of benzene rings is 2. The third kappa shape index (κ3) is 3.32. The van der Waals surface area contributed by atoms with Gasteiger partial charge in [-0.1, -0.05) is 23.7 Å². The van der Waals surface area contributed by atoms with E-state index in [9.17, 15) is 9.50 Å². The normalized spacial score (nSPS) is 12.2. The molecule has 0 aliphatic heterocycles. The quantitative estimate of drug-likeness (QED) is 0.869. The van der Waals surface area contributed by atoms with Crippen molar-refractivity contribution in [3.8, 4) is 5.75 Å². The molecule has 20 heavy (non-hydrogen) atoms. The van der Waals surface area contributed by atoms with Crippen molar-refractivity contribution in [2.75, 3.05) is 7.11 Å². The number of methoxy groups -OCH3 is 1. The standard InChI is InChI=1S/C15H13BrClFO2/c1-20-15-6-5-9(7-11(15)16)14(19)8-10-12(17)3-2-4-13(10)18/h2-7,14,19H,8H2,1H3. The van der Waals surface area contributed by atoms with Crippen molar-refractivity contribution in [3.63, 3.8) is 0 Å². The van der Waals surface area contributed by atoms with Gasteiger partial charge in [-0.05, 0) is 45.8 Å². The highest BCUT2D eigenvalue weighted by Crippen LogP contribution is 2.31. The van der Waals surface area contributed by atoms with Gasteiger partial charge in [-0.2, -0.15) is 0 Å². The van der Waals surface area contributed by atoms with E-state index in [0.29, 0.717) is 21.9 Å². The maximum atomic E-state index is 13.7. The molecule has 0 saturated heterocycles. The molecule has 0 aliphatic carbocycles. The van der Waals surface area contributed by atoms with Crippen LogP contribution in [0.3, 0.4) is 0 Å². The number of halogens is 3. The zero-order valence-corrected chi connectivity index (χ0v) is 13.1. The number of rotatable bonds is 4. The van der Waals surface area contributed by atoms with Crippen molar-refractivity contribution in [1.29, 1.82) is 0 Å². The fraction of sp³-hybridized carbons (Fsp3) is 0.200. The summed E-state index contributed by atoms with van der Waals surface area (Å²) in [5, 5.41) is 10.5. The van der Waals surface area contributed by atoms with E-state index in [-0.39, 0.29) is 6.42 Å². The summed E-state index contributed by atoms with van der Waals surface area (Å²) in [6.07, 6.45) is -0.726. The first kappa shape index (κ1) is 15.3. The van der Waals surface area contributed by atoms with Gasteiger partial charge in [0.05, 0.1) is 17.7 Å². The Morgan fingerprint density at radius 2 is 2.10 bits per heavy atom. The van der Waals surface area contributed by atoms with Gasteiger partial charge in [0.1, 0.15) is 11.6 Å². The minimum atomic E-state index is -0.841. The van der Waals surface area contributed by atoms with E-state index in [4.69, 9.17) is 16.3 Å². The Balaban J connectivity index is 2.24. The van der Waals surface area contributed by atoms with Crippen molar-refractivity contribution < 1.29 is 14.2 Å². The molecule has 1 N–H and O–H groups in total. The molecule has 0 spiro atoms. The first-order chi connectivity index (χ1) is 9.52. The second kappa shape index (κ2) is 6.57. The largest absolute Gasteiger partial charge is 0.496 e. The molecule has 0 heterocycles. The zero-order chi connectivity index (χ0) is 14.7. The van der Waals surface area contributed by atoms with Gasteiger partial charge in [-0.25, -0.2) is 4.39 Å². The van der Waals surface area contributed by atoms with E-state index < -0.39 is 11.9 Å². The molecule has 2 aromatic rings. The molecule has 2 nitrogen and oxygen atoms in total. The van der Waals surface area contributed by atoms with Gasteiger partial charge in [0.25, 0.3) is 0 Å². The monoisotopic (exact) mass is 358 g/mol. The fourth-order valence-corrected chi connectivity index (χ4v) is 2.73. The van der Waals surface area contributed by atoms with E-state index >= 15 is 0 Å². The Kier molecular flexibility index (Phi) is 5.02. The van der Waals surface area contributed by atoms with Gasteiger partial charge >= 0.3 is 0 Å². The molecule has 106 valence electrons. The van der Waals surface area contributed by atoms with Crippen LogP contribution in [0, 0.1) is 5.82 Å². The lowest BCUT2D eigenvalue weighted by Crippen LogP contribution is -2.04. The highest BCUT2D eigenvalue weighted by atomic mass is 79.9. The minimum absolute atomic E-state index is 0.115. The maximum Gasteiger partial charge on any atom is 0.133 e. The van der Waals surface area contributed by atoms with Crippen molar-refractivity contribution in [1.82, 2.24) is 0 Å². The summed E-state index contributed by atoms with van der Waals surface area (Å²) in [4.78, 5) is 0. The third-order valence-corrected chi connectivity index (χ3v) is 3.99. The van der Waals surface area contributed by atoms with E-state index in [1.54, 1.807) is 31.4 Å². The molecule has 0 aliphatic rings. The Bertz CT molecular complexity index is 599. The van der Waals surface area contributed by atoms with Crippen molar-refractivity contribution in [2.45, 2.75) is 12.5 Å². The molecule has 2 rings (SSSR count). The SMILES string of the molecule is COc1ccc(C(O)Cc2c(F)cccc2Cl)cc1Br. The fourth-order valence-electron chi connectivity index (χ4n) is 1.93. The third-order valence-electron chi connectivity index (χ3n) is 3.02. The van der Waals surface area contributed by atoms with Crippen LogP contribution in [-0.4, -0.2) is 12.2 Å².